The zero-order valence-electron chi connectivity index (χ0n) is 12.5. The van der Waals surface area contributed by atoms with Crippen molar-refractivity contribution in [2.45, 2.75) is 38.7 Å². The van der Waals surface area contributed by atoms with Crippen LogP contribution in [0.5, 0.6) is 5.75 Å². The first-order valence-electron chi connectivity index (χ1n) is 7.63. The van der Waals surface area contributed by atoms with E-state index >= 15 is 0 Å². The van der Waals surface area contributed by atoms with Gasteiger partial charge in [0.2, 0.25) is 0 Å². The first-order valence-corrected chi connectivity index (χ1v) is 7.63. The van der Waals surface area contributed by atoms with Crippen molar-refractivity contribution in [2.75, 3.05) is 13.1 Å². The molecule has 0 amide bonds. The molecule has 1 aromatic rings. The Bertz CT molecular complexity index is 474. The minimum Gasteiger partial charge on any atom is -0.488 e. The summed E-state index contributed by atoms with van der Waals surface area (Å²) in [5.74, 6) is 1.43. The van der Waals surface area contributed by atoms with Crippen molar-refractivity contribution >= 4 is 5.96 Å². The number of nitrogens with one attached hydrogen (secondary N) is 1. The summed E-state index contributed by atoms with van der Waals surface area (Å²) >= 11 is 0. The highest BCUT2D eigenvalue weighted by molar-refractivity contribution is 5.77. The minimum absolute atomic E-state index is 0.101. The van der Waals surface area contributed by atoms with Crippen LogP contribution in [-0.2, 0) is 0 Å². The van der Waals surface area contributed by atoms with Crippen LogP contribution in [0.25, 0.3) is 0 Å². The number of benzene rings is 1. The number of nitrogens with two attached hydrogens (primary N) is 1. The summed E-state index contributed by atoms with van der Waals surface area (Å²) in [6.45, 7) is 3.38. The van der Waals surface area contributed by atoms with E-state index in [4.69, 9.17) is 10.5 Å². The van der Waals surface area contributed by atoms with Gasteiger partial charge in [0.15, 0.2) is 5.96 Å². The van der Waals surface area contributed by atoms with Crippen LogP contribution >= 0.6 is 0 Å². The number of guanidine groups is 1. The van der Waals surface area contributed by atoms with E-state index in [2.05, 4.69) is 10.3 Å². The molecule has 1 saturated carbocycles. The molecular formula is C16H24FN3O. The second-order valence-electron chi connectivity index (χ2n) is 5.51. The van der Waals surface area contributed by atoms with Gasteiger partial charge in [-0.3, -0.25) is 0 Å². The summed E-state index contributed by atoms with van der Waals surface area (Å²) in [5.41, 5.74) is 5.84. The maximum Gasteiger partial charge on any atom is 0.188 e. The van der Waals surface area contributed by atoms with Gasteiger partial charge in [-0.15, -0.1) is 0 Å². The van der Waals surface area contributed by atoms with Gasteiger partial charge in [-0.2, -0.15) is 0 Å². The molecule has 5 heteroatoms. The van der Waals surface area contributed by atoms with Gasteiger partial charge in [-0.1, -0.05) is 19.4 Å². The predicted octanol–water partition coefficient (Wildman–Crippen LogP) is 2.69. The SMILES string of the molecule is CCC(CN=C(N)NCC1CCC1)Oc1cccc(F)c1. The number of halogens is 1. The fraction of sp³-hybridized carbons (Fsp3) is 0.562. The molecule has 1 aromatic carbocycles. The standard InChI is InChI=1S/C16H24FN3O/c1-2-14(21-15-8-4-7-13(17)9-15)11-20-16(18)19-10-12-5-3-6-12/h4,7-9,12,14H,2-3,5-6,10-11H2,1H3,(H3,18,19,20). The Balaban J connectivity index is 1.77. The molecule has 116 valence electrons. The summed E-state index contributed by atoms with van der Waals surface area (Å²) in [7, 11) is 0. The number of aliphatic imine (C=N–C) groups is 1. The topological polar surface area (TPSA) is 59.6 Å². The van der Waals surface area contributed by atoms with Crippen molar-refractivity contribution in [2.24, 2.45) is 16.6 Å². The summed E-state index contributed by atoms with van der Waals surface area (Å²) in [6.07, 6.45) is 4.57. The molecule has 3 N–H and O–H groups in total. The second-order valence-corrected chi connectivity index (χ2v) is 5.51. The molecule has 1 aliphatic carbocycles. The Hall–Kier alpha value is -1.78. The zero-order chi connectivity index (χ0) is 15.1. The lowest BCUT2D eigenvalue weighted by Crippen LogP contribution is -2.38. The molecule has 21 heavy (non-hydrogen) atoms. The smallest absolute Gasteiger partial charge is 0.188 e. The van der Waals surface area contributed by atoms with Crippen molar-refractivity contribution < 1.29 is 9.13 Å². The second kappa shape index (κ2) is 7.86. The monoisotopic (exact) mass is 293 g/mol. The van der Waals surface area contributed by atoms with Gasteiger partial charge in [0.05, 0.1) is 6.54 Å². The van der Waals surface area contributed by atoms with E-state index in [0.717, 1.165) is 18.9 Å². The van der Waals surface area contributed by atoms with Crippen molar-refractivity contribution in [3.05, 3.63) is 30.1 Å². The third-order valence-electron chi connectivity index (χ3n) is 3.82. The van der Waals surface area contributed by atoms with Gasteiger partial charge in [0.25, 0.3) is 0 Å². The molecule has 0 aromatic heterocycles. The molecular weight excluding hydrogens is 269 g/mol. The van der Waals surface area contributed by atoms with E-state index in [1.807, 2.05) is 6.92 Å². The number of rotatable bonds is 7. The van der Waals surface area contributed by atoms with Gasteiger partial charge in [0, 0.05) is 12.6 Å². The van der Waals surface area contributed by atoms with Crippen molar-refractivity contribution in [3.63, 3.8) is 0 Å². The molecule has 0 radical (unpaired) electrons. The van der Waals surface area contributed by atoms with Crippen LogP contribution in [0.3, 0.4) is 0 Å². The Labute approximate surface area is 125 Å². The third-order valence-corrected chi connectivity index (χ3v) is 3.82. The summed E-state index contributed by atoms with van der Waals surface area (Å²) in [4.78, 5) is 4.31. The molecule has 1 atom stereocenters. The Morgan fingerprint density at radius 3 is 2.95 bits per heavy atom. The molecule has 1 unspecified atom stereocenters. The lowest BCUT2D eigenvalue weighted by molar-refractivity contribution is 0.205. The summed E-state index contributed by atoms with van der Waals surface area (Å²) in [5, 5.41) is 3.15. The van der Waals surface area contributed by atoms with E-state index in [0.29, 0.717) is 18.3 Å². The van der Waals surface area contributed by atoms with Crippen LogP contribution in [0, 0.1) is 11.7 Å². The van der Waals surface area contributed by atoms with Crippen molar-refractivity contribution in [1.29, 1.82) is 0 Å². The molecule has 0 heterocycles. The zero-order valence-corrected chi connectivity index (χ0v) is 12.5. The molecule has 0 bridgehead atoms. The lowest BCUT2D eigenvalue weighted by atomic mass is 9.85. The van der Waals surface area contributed by atoms with Gasteiger partial charge < -0.3 is 15.8 Å². The first kappa shape index (κ1) is 15.6. The fourth-order valence-electron chi connectivity index (χ4n) is 2.18. The molecule has 0 spiro atoms. The Morgan fingerprint density at radius 2 is 2.33 bits per heavy atom. The fourth-order valence-corrected chi connectivity index (χ4v) is 2.18. The van der Waals surface area contributed by atoms with Crippen LogP contribution in [0.15, 0.2) is 29.3 Å². The van der Waals surface area contributed by atoms with Crippen LogP contribution in [0.2, 0.25) is 0 Å². The van der Waals surface area contributed by atoms with Gasteiger partial charge in [-0.05, 0) is 37.3 Å². The average Bonchev–Trinajstić information content (AvgIpc) is 2.41. The van der Waals surface area contributed by atoms with Crippen LogP contribution in [0.4, 0.5) is 4.39 Å². The van der Waals surface area contributed by atoms with E-state index in [1.165, 1.54) is 31.4 Å². The van der Waals surface area contributed by atoms with Crippen molar-refractivity contribution in [3.8, 4) is 5.75 Å². The predicted molar refractivity (Wildman–Crippen MR) is 82.9 cm³/mol. The quantitative estimate of drug-likeness (QED) is 0.600. The Kier molecular flexibility index (Phi) is 5.84. The molecule has 1 fully saturated rings. The third kappa shape index (κ3) is 5.25. The van der Waals surface area contributed by atoms with E-state index in [-0.39, 0.29) is 11.9 Å². The van der Waals surface area contributed by atoms with E-state index < -0.39 is 0 Å². The van der Waals surface area contributed by atoms with Gasteiger partial charge in [-0.25, -0.2) is 9.38 Å². The Morgan fingerprint density at radius 1 is 1.52 bits per heavy atom. The van der Waals surface area contributed by atoms with Gasteiger partial charge >= 0.3 is 0 Å². The number of hydrogen-bond donors (Lipinski definition) is 2. The highest BCUT2D eigenvalue weighted by Crippen LogP contribution is 2.25. The molecule has 0 saturated heterocycles. The summed E-state index contributed by atoms with van der Waals surface area (Å²) in [6, 6.07) is 6.15. The normalized spacial score (nSPS) is 17.1. The van der Waals surface area contributed by atoms with Crippen LogP contribution in [-0.4, -0.2) is 25.2 Å². The first-order chi connectivity index (χ1) is 10.2. The molecule has 0 aliphatic heterocycles. The van der Waals surface area contributed by atoms with Gasteiger partial charge in [0.1, 0.15) is 17.7 Å². The number of hydrogen-bond acceptors (Lipinski definition) is 2. The average molecular weight is 293 g/mol. The van der Waals surface area contributed by atoms with Crippen LogP contribution in [0.1, 0.15) is 32.6 Å². The highest BCUT2D eigenvalue weighted by Gasteiger charge is 2.17. The highest BCUT2D eigenvalue weighted by atomic mass is 19.1. The van der Waals surface area contributed by atoms with E-state index in [1.54, 1.807) is 12.1 Å². The number of ether oxygens (including phenoxy) is 1. The van der Waals surface area contributed by atoms with E-state index in [9.17, 15) is 4.39 Å². The van der Waals surface area contributed by atoms with Crippen LogP contribution < -0.4 is 15.8 Å². The number of nitrogens with zero attached hydrogens (tertiary/aromatic N) is 1. The van der Waals surface area contributed by atoms with Crippen molar-refractivity contribution in [1.82, 2.24) is 5.32 Å². The molecule has 4 nitrogen and oxygen atoms in total. The minimum atomic E-state index is -0.299. The summed E-state index contributed by atoms with van der Waals surface area (Å²) < 4.78 is 18.8. The largest absolute Gasteiger partial charge is 0.488 e. The molecule has 2 rings (SSSR count). The maximum absolute atomic E-state index is 13.1. The maximum atomic E-state index is 13.1. The lowest BCUT2D eigenvalue weighted by Gasteiger charge is -2.25. The molecule has 1 aliphatic rings.